The Morgan fingerprint density at radius 1 is 1.44 bits per heavy atom. The van der Waals surface area contributed by atoms with Gasteiger partial charge >= 0.3 is 0 Å². The summed E-state index contributed by atoms with van der Waals surface area (Å²) in [6.45, 7) is 4.35. The third kappa shape index (κ3) is 3.70. The lowest BCUT2D eigenvalue weighted by Crippen LogP contribution is -2.47. The Hall–Kier alpha value is -1.10. The zero-order chi connectivity index (χ0) is 13.0. The number of anilines is 1. The molecule has 0 radical (unpaired) electrons. The molecule has 0 saturated carbocycles. The Morgan fingerprint density at radius 2 is 2.17 bits per heavy atom. The van der Waals surface area contributed by atoms with Crippen LogP contribution in [0.25, 0.3) is 0 Å². The second-order valence-electron chi connectivity index (χ2n) is 4.90. The number of nitrogens with one attached hydrogen (secondary N) is 3. The lowest BCUT2D eigenvalue weighted by molar-refractivity contribution is -0.115. The average molecular weight is 268 g/mol. The van der Waals surface area contributed by atoms with Gasteiger partial charge in [-0.15, -0.1) is 0 Å². The van der Waals surface area contributed by atoms with Gasteiger partial charge < -0.3 is 16.0 Å². The molecule has 18 heavy (non-hydrogen) atoms. The summed E-state index contributed by atoms with van der Waals surface area (Å²) in [4.78, 5) is 11.8. The fourth-order valence-electron chi connectivity index (χ4n) is 2.00. The Labute approximate surface area is 112 Å². The molecule has 1 aromatic carbocycles. The van der Waals surface area contributed by atoms with Gasteiger partial charge in [-0.2, -0.15) is 0 Å². The minimum atomic E-state index is -0.0366. The molecule has 1 fully saturated rings. The van der Waals surface area contributed by atoms with Crippen molar-refractivity contribution in [2.45, 2.75) is 18.9 Å². The SMILES string of the molecule is CC1(NCC(=O)Nc2ccc(Cl)cc2)CCNC1. The molecule has 1 aromatic rings. The van der Waals surface area contributed by atoms with E-state index in [1.54, 1.807) is 24.3 Å². The van der Waals surface area contributed by atoms with Gasteiger partial charge in [0.25, 0.3) is 0 Å². The van der Waals surface area contributed by atoms with Gasteiger partial charge in [0.2, 0.25) is 5.91 Å². The van der Waals surface area contributed by atoms with Gasteiger partial charge in [-0.05, 0) is 44.2 Å². The van der Waals surface area contributed by atoms with Crippen molar-refractivity contribution >= 4 is 23.2 Å². The smallest absolute Gasteiger partial charge is 0.238 e. The number of carbonyl (C=O) groups is 1. The van der Waals surface area contributed by atoms with Crippen LogP contribution in [0.5, 0.6) is 0 Å². The molecule has 1 amide bonds. The third-order valence-electron chi connectivity index (χ3n) is 3.17. The van der Waals surface area contributed by atoms with Crippen LogP contribution in [0.1, 0.15) is 13.3 Å². The molecule has 3 N–H and O–H groups in total. The van der Waals surface area contributed by atoms with E-state index in [9.17, 15) is 4.79 Å². The molecule has 0 bridgehead atoms. The summed E-state index contributed by atoms with van der Waals surface area (Å²) in [7, 11) is 0. The number of hydrogen-bond donors (Lipinski definition) is 3. The second kappa shape index (κ2) is 5.69. The van der Waals surface area contributed by atoms with E-state index < -0.39 is 0 Å². The van der Waals surface area contributed by atoms with E-state index in [-0.39, 0.29) is 11.4 Å². The number of amides is 1. The van der Waals surface area contributed by atoms with Crippen molar-refractivity contribution in [3.63, 3.8) is 0 Å². The van der Waals surface area contributed by atoms with Crippen LogP contribution in [-0.4, -0.2) is 31.1 Å². The maximum Gasteiger partial charge on any atom is 0.238 e. The highest BCUT2D eigenvalue weighted by atomic mass is 35.5. The van der Waals surface area contributed by atoms with Crippen molar-refractivity contribution in [3.8, 4) is 0 Å². The fourth-order valence-corrected chi connectivity index (χ4v) is 2.13. The molecule has 5 heteroatoms. The molecule has 0 aromatic heterocycles. The van der Waals surface area contributed by atoms with Crippen molar-refractivity contribution in [2.24, 2.45) is 0 Å². The van der Waals surface area contributed by atoms with E-state index in [2.05, 4.69) is 22.9 Å². The summed E-state index contributed by atoms with van der Waals surface area (Å²) in [6, 6.07) is 7.09. The first-order chi connectivity index (χ1) is 8.57. The van der Waals surface area contributed by atoms with Crippen molar-refractivity contribution < 1.29 is 4.79 Å². The van der Waals surface area contributed by atoms with Crippen LogP contribution in [0, 0.1) is 0 Å². The van der Waals surface area contributed by atoms with Gasteiger partial charge in [-0.3, -0.25) is 4.79 Å². The summed E-state index contributed by atoms with van der Waals surface area (Å²) in [5, 5.41) is 10.1. The lowest BCUT2D eigenvalue weighted by atomic mass is 10.0. The van der Waals surface area contributed by atoms with Crippen LogP contribution < -0.4 is 16.0 Å². The molecule has 1 saturated heterocycles. The number of rotatable bonds is 4. The van der Waals surface area contributed by atoms with Gasteiger partial charge in [-0.25, -0.2) is 0 Å². The van der Waals surface area contributed by atoms with E-state index in [1.807, 2.05) is 0 Å². The molecule has 1 aliphatic heterocycles. The molecule has 1 atom stereocenters. The summed E-state index contributed by atoms with van der Waals surface area (Å²) in [5.74, 6) is -0.0366. The minimum absolute atomic E-state index is 0.0251. The molecule has 2 rings (SSSR count). The van der Waals surface area contributed by atoms with Crippen LogP contribution in [0.2, 0.25) is 5.02 Å². The normalized spacial score (nSPS) is 23.0. The van der Waals surface area contributed by atoms with Crippen LogP contribution in [0.15, 0.2) is 24.3 Å². The van der Waals surface area contributed by atoms with E-state index in [4.69, 9.17) is 11.6 Å². The highest BCUT2D eigenvalue weighted by Crippen LogP contribution is 2.14. The topological polar surface area (TPSA) is 53.2 Å². The van der Waals surface area contributed by atoms with E-state index >= 15 is 0 Å². The zero-order valence-corrected chi connectivity index (χ0v) is 11.2. The van der Waals surface area contributed by atoms with Gasteiger partial charge in [0, 0.05) is 22.8 Å². The molecule has 1 heterocycles. The van der Waals surface area contributed by atoms with Gasteiger partial charge in [0.1, 0.15) is 0 Å². The number of carbonyl (C=O) groups excluding carboxylic acids is 1. The molecule has 0 spiro atoms. The van der Waals surface area contributed by atoms with Gasteiger partial charge in [0.15, 0.2) is 0 Å². The Morgan fingerprint density at radius 3 is 2.78 bits per heavy atom. The molecular formula is C13H18ClN3O. The highest BCUT2D eigenvalue weighted by Gasteiger charge is 2.28. The Bertz CT molecular complexity index is 413. The fraction of sp³-hybridized carbons (Fsp3) is 0.462. The van der Waals surface area contributed by atoms with Crippen LogP contribution in [-0.2, 0) is 4.79 Å². The standard InChI is InChI=1S/C13H18ClN3O/c1-13(6-7-15-9-13)16-8-12(18)17-11-4-2-10(14)3-5-11/h2-5,15-16H,6-9H2,1H3,(H,17,18). The van der Waals surface area contributed by atoms with Crippen molar-refractivity contribution in [1.29, 1.82) is 0 Å². The van der Waals surface area contributed by atoms with Crippen LogP contribution >= 0.6 is 11.6 Å². The maximum absolute atomic E-state index is 11.8. The van der Waals surface area contributed by atoms with E-state index in [1.165, 1.54) is 0 Å². The second-order valence-corrected chi connectivity index (χ2v) is 5.33. The monoisotopic (exact) mass is 267 g/mol. The predicted octanol–water partition coefficient (Wildman–Crippen LogP) is 1.62. The van der Waals surface area contributed by atoms with Crippen LogP contribution in [0.4, 0.5) is 5.69 Å². The minimum Gasteiger partial charge on any atom is -0.325 e. The molecule has 98 valence electrons. The first-order valence-electron chi connectivity index (χ1n) is 6.09. The van der Waals surface area contributed by atoms with E-state index in [0.717, 1.165) is 25.2 Å². The lowest BCUT2D eigenvalue weighted by Gasteiger charge is -2.24. The van der Waals surface area contributed by atoms with Crippen molar-refractivity contribution in [2.75, 3.05) is 25.0 Å². The van der Waals surface area contributed by atoms with Gasteiger partial charge in [-0.1, -0.05) is 11.6 Å². The Kier molecular flexibility index (Phi) is 4.22. The number of benzene rings is 1. The molecule has 0 aliphatic carbocycles. The Balaban J connectivity index is 1.80. The third-order valence-corrected chi connectivity index (χ3v) is 3.42. The zero-order valence-electron chi connectivity index (χ0n) is 10.4. The molecular weight excluding hydrogens is 250 g/mol. The quantitative estimate of drug-likeness (QED) is 0.777. The summed E-state index contributed by atoms with van der Waals surface area (Å²) in [6.07, 6.45) is 1.04. The average Bonchev–Trinajstić information content (AvgIpc) is 2.78. The molecule has 1 aliphatic rings. The largest absolute Gasteiger partial charge is 0.325 e. The van der Waals surface area contributed by atoms with Crippen molar-refractivity contribution in [1.82, 2.24) is 10.6 Å². The van der Waals surface area contributed by atoms with Crippen molar-refractivity contribution in [3.05, 3.63) is 29.3 Å². The maximum atomic E-state index is 11.8. The van der Waals surface area contributed by atoms with Gasteiger partial charge in [0.05, 0.1) is 6.54 Å². The first-order valence-corrected chi connectivity index (χ1v) is 6.46. The molecule has 1 unspecified atom stereocenters. The summed E-state index contributed by atoms with van der Waals surface area (Å²) >= 11 is 5.78. The first kappa shape index (κ1) is 13.3. The summed E-state index contributed by atoms with van der Waals surface area (Å²) < 4.78 is 0. The number of hydrogen-bond acceptors (Lipinski definition) is 3. The predicted molar refractivity (Wildman–Crippen MR) is 74.0 cm³/mol. The van der Waals surface area contributed by atoms with E-state index in [0.29, 0.717) is 11.6 Å². The number of halogens is 1. The summed E-state index contributed by atoms with van der Waals surface area (Å²) in [5.41, 5.74) is 0.790. The molecule has 4 nitrogen and oxygen atoms in total. The van der Waals surface area contributed by atoms with Crippen LogP contribution in [0.3, 0.4) is 0 Å². The highest BCUT2D eigenvalue weighted by molar-refractivity contribution is 6.30.